The highest BCUT2D eigenvalue weighted by atomic mass is 16.6. The van der Waals surface area contributed by atoms with Gasteiger partial charge in [0.15, 0.2) is 0 Å². The number of nitrogens with zero attached hydrogens (tertiary/aromatic N) is 3. The lowest BCUT2D eigenvalue weighted by atomic mass is 10.4. The van der Waals surface area contributed by atoms with Crippen molar-refractivity contribution in [3.63, 3.8) is 0 Å². The summed E-state index contributed by atoms with van der Waals surface area (Å²) < 4.78 is 0. The number of aromatic nitrogens is 2. The molecule has 0 radical (unpaired) electrons. The predicted molar refractivity (Wildman–Crippen MR) is 37.6 cm³/mol. The van der Waals surface area contributed by atoms with Crippen LogP contribution in [0.1, 0.15) is 5.82 Å². The molecule has 0 amide bonds. The maximum atomic E-state index is 9.92. The summed E-state index contributed by atoms with van der Waals surface area (Å²) in [6.45, 7) is -0.107. The Bertz CT molecular complexity index is 237. The molecule has 11 heavy (non-hydrogen) atoms. The van der Waals surface area contributed by atoms with Crippen LogP contribution in [0.5, 0.6) is 0 Å². The first-order valence-corrected chi connectivity index (χ1v) is 3.17. The lowest BCUT2D eigenvalue weighted by Crippen LogP contribution is -2.06. The first kappa shape index (κ1) is 7.59. The predicted octanol–water partition coefficient (Wildman–Crippen LogP) is 0.296. The van der Waals surface area contributed by atoms with Crippen LogP contribution in [0.15, 0.2) is 18.5 Å². The van der Waals surface area contributed by atoms with Crippen molar-refractivity contribution in [1.82, 2.24) is 9.97 Å². The van der Waals surface area contributed by atoms with Crippen LogP contribution >= 0.6 is 0 Å². The number of nitro groups is 1. The first-order valence-electron chi connectivity index (χ1n) is 3.17. The summed E-state index contributed by atoms with van der Waals surface area (Å²) in [7, 11) is 0. The summed E-state index contributed by atoms with van der Waals surface area (Å²) in [4.78, 5) is 17.2. The molecule has 0 aliphatic rings. The van der Waals surface area contributed by atoms with Gasteiger partial charge in [0, 0.05) is 17.3 Å². The Labute approximate surface area is 63.3 Å². The first-order chi connectivity index (χ1) is 5.29. The van der Waals surface area contributed by atoms with Crippen molar-refractivity contribution < 1.29 is 4.92 Å². The zero-order valence-electron chi connectivity index (χ0n) is 5.80. The van der Waals surface area contributed by atoms with E-state index in [9.17, 15) is 10.1 Å². The second kappa shape index (κ2) is 3.60. The van der Waals surface area contributed by atoms with Crippen molar-refractivity contribution in [2.75, 3.05) is 6.54 Å². The third-order valence-corrected chi connectivity index (χ3v) is 1.14. The van der Waals surface area contributed by atoms with Crippen LogP contribution in [-0.2, 0) is 6.42 Å². The Morgan fingerprint density at radius 2 is 2.09 bits per heavy atom. The zero-order chi connectivity index (χ0) is 8.10. The monoisotopic (exact) mass is 153 g/mol. The maximum absolute atomic E-state index is 9.92. The number of hydrogen-bond acceptors (Lipinski definition) is 4. The highest BCUT2D eigenvalue weighted by molar-refractivity contribution is 4.87. The molecule has 0 atom stereocenters. The van der Waals surface area contributed by atoms with Gasteiger partial charge in [-0.1, -0.05) is 0 Å². The summed E-state index contributed by atoms with van der Waals surface area (Å²) in [5, 5.41) is 9.92. The van der Waals surface area contributed by atoms with Crippen molar-refractivity contribution in [3.8, 4) is 0 Å². The molecule has 0 N–H and O–H groups in total. The van der Waals surface area contributed by atoms with Crippen LogP contribution in [0.3, 0.4) is 0 Å². The summed E-state index contributed by atoms with van der Waals surface area (Å²) in [6.07, 6.45) is 3.44. The summed E-state index contributed by atoms with van der Waals surface area (Å²) in [6, 6.07) is 1.68. The molecule has 58 valence electrons. The van der Waals surface area contributed by atoms with E-state index in [1.165, 1.54) is 0 Å². The largest absolute Gasteiger partial charge is 0.265 e. The minimum Gasteiger partial charge on any atom is -0.265 e. The molecule has 1 heterocycles. The summed E-state index contributed by atoms with van der Waals surface area (Å²) in [5.41, 5.74) is 0. The van der Waals surface area contributed by atoms with Crippen LogP contribution in [0, 0.1) is 10.1 Å². The van der Waals surface area contributed by atoms with Crippen molar-refractivity contribution >= 4 is 0 Å². The molecule has 0 bridgehead atoms. The van der Waals surface area contributed by atoms with Crippen LogP contribution in [0.4, 0.5) is 0 Å². The zero-order valence-corrected chi connectivity index (χ0v) is 5.80. The SMILES string of the molecule is O=[N+]([O-])CCc1ncccn1. The topological polar surface area (TPSA) is 68.9 Å². The molecule has 0 unspecified atom stereocenters. The lowest BCUT2D eigenvalue weighted by molar-refractivity contribution is -0.479. The number of rotatable bonds is 3. The Balaban J connectivity index is 2.45. The van der Waals surface area contributed by atoms with Gasteiger partial charge in [0.2, 0.25) is 6.54 Å². The minimum atomic E-state index is -0.379. The van der Waals surface area contributed by atoms with Gasteiger partial charge in [0.1, 0.15) is 5.82 Å². The van der Waals surface area contributed by atoms with E-state index in [0.717, 1.165) is 0 Å². The van der Waals surface area contributed by atoms with Gasteiger partial charge in [-0.3, -0.25) is 10.1 Å². The molecule has 1 aromatic heterocycles. The molecule has 5 nitrogen and oxygen atoms in total. The fourth-order valence-corrected chi connectivity index (χ4v) is 0.650. The Kier molecular flexibility index (Phi) is 2.48. The third kappa shape index (κ3) is 2.70. The van der Waals surface area contributed by atoms with E-state index < -0.39 is 0 Å². The standard InChI is InChI=1S/C6H7N3O2/c10-9(11)5-2-6-7-3-1-4-8-6/h1,3-4H,2,5H2. The van der Waals surface area contributed by atoms with Crippen molar-refractivity contribution in [2.45, 2.75) is 6.42 Å². The molecule has 0 aromatic carbocycles. The molecule has 0 saturated carbocycles. The van der Waals surface area contributed by atoms with E-state index in [0.29, 0.717) is 12.2 Å². The summed E-state index contributed by atoms with van der Waals surface area (Å²) >= 11 is 0. The van der Waals surface area contributed by atoms with Gasteiger partial charge in [-0.2, -0.15) is 0 Å². The molecule has 5 heteroatoms. The van der Waals surface area contributed by atoms with E-state index in [2.05, 4.69) is 9.97 Å². The molecule has 1 aromatic rings. The number of hydrogen-bond donors (Lipinski definition) is 0. The molecule has 0 saturated heterocycles. The normalized spacial score (nSPS) is 9.45. The quantitative estimate of drug-likeness (QED) is 0.462. The van der Waals surface area contributed by atoms with E-state index in [1.54, 1.807) is 18.5 Å². The second-order valence-electron chi connectivity index (χ2n) is 1.97. The second-order valence-corrected chi connectivity index (χ2v) is 1.97. The van der Waals surface area contributed by atoms with Crippen LogP contribution in [0.2, 0.25) is 0 Å². The Morgan fingerprint density at radius 3 is 2.64 bits per heavy atom. The van der Waals surface area contributed by atoms with Gasteiger partial charge in [0.25, 0.3) is 0 Å². The average Bonchev–Trinajstić information content (AvgIpc) is 2.03. The van der Waals surface area contributed by atoms with E-state index in [-0.39, 0.29) is 11.5 Å². The van der Waals surface area contributed by atoms with Gasteiger partial charge in [-0.05, 0) is 6.07 Å². The fraction of sp³-hybridized carbons (Fsp3) is 0.333. The van der Waals surface area contributed by atoms with Crippen LogP contribution in [-0.4, -0.2) is 21.4 Å². The summed E-state index contributed by atoms with van der Waals surface area (Å²) in [5.74, 6) is 0.518. The third-order valence-electron chi connectivity index (χ3n) is 1.14. The van der Waals surface area contributed by atoms with E-state index >= 15 is 0 Å². The molecule has 0 aliphatic carbocycles. The highest BCUT2D eigenvalue weighted by Gasteiger charge is 1.99. The van der Waals surface area contributed by atoms with Crippen molar-refractivity contribution in [3.05, 3.63) is 34.4 Å². The Hall–Kier alpha value is -1.52. The van der Waals surface area contributed by atoms with Gasteiger partial charge in [0.05, 0.1) is 6.42 Å². The molecule has 1 rings (SSSR count). The molecule has 0 fully saturated rings. The highest BCUT2D eigenvalue weighted by Crippen LogP contribution is 1.88. The van der Waals surface area contributed by atoms with Gasteiger partial charge in [-0.15, -0.1) is 0 Å². The van der Waals surface area contributed by atoms with Gasteiger partial charge in [-0.25, -0.2) is 9.97 Å². The molecular weight excluding hydrogens is 146 g/mol. The molecular formula is C6H7N3O2. The van der Waals surface area contributed by atoms with Crippen LogP contribution < -0.4 is 0 Å². The average molecular weight is 153 g/mol. The minimum absolute atomic E-state index is 0.107. The molecule has 0 spiro atoms. The molecule has 0 aliphatic heterocycles. The van der Waals surface area contributed by atoms with Crippen molar-refractivity contribution in [1.29, 1.82) is 0 Å². The fourth-order valence-electron chi connectivity index (χ4n) is 0.650. The van der Waals surface area contributed by atoms with Crippen LogP contribution in [0.25, 0.3) is 0 Å². The Morgan fingerprint density at radius 1 is 1.45 bits per heavy atom. The van der Waals surface area contributed by atoms with Gasteiger partial charge < -0.3 is 0 Å². The van der Waals surface area contributed by atoms with E-state index in [1.807, 2.05) is 0 Å². The van der Waals surface area contributed by atoms with Crippen molar-refractivity contribution in [2.24, 2.45) is 0 Å². The van der Waals surface area contributed by atoms with E-state index in [4.69, 9.17) is 0 Å². The smallest absolute Gasteiger partial charge is 0.210 e. The van der Waals surface area contributed by atoms with Gasteiger partial charge >= 0.3 is 0 Å². The lowest BCUT2D eigenvalue weighted by Gasteiger charge is -1.92. The maximum Gasteiger partial charge on any atom is 0.210 e.